The van der Waals surface area contributed by atoms with E-state index in [1.165, 1.54) is 0 Å². The SMILES string of the molecule is CC(C)(C)n1nnc(CC2CNC2)n1. The molecule has 78 valence electrons. The molecule has 2 rings (SSSR count). The van der Waals surface area contributed by atoms with Gasteiger partial charge in [0, 0.05) is 6.42 Å². The number of nitrogens with one attached hydrogen (secondary N) is 1. The van der Waals surface area contributed by atoms with Crippen LogP contribution in [0.15, 0.2) is 0 Å². The lowest BCUT2D eigenvalue weighted by molar-refractivity contribution is 0.302. The Morgan fingerprint density at radius 2 is 2.14 bits per heavy atom. The first kappa shape index (κ1) is 9.58. The zero-order valence-electron chi connectivity index (χ0n) is 8.99. The molecule has 0 bridgehead atoms. The third kappa shape index (κ3) is 1.92. The first-order chi connectivity index (χ1) is 6.55. The van der Waals surface area contributed by atoms with Crippen molar-refractivity contribution < 1.29 is 0 Å². The fraction of sp³-hybridized carbons (Fsp3) is 0.889. The summed E-state index contributed by atoms with van der Waals surface area (Å²) in [7, 11) is 0. The van der Waals surface area contributed by atoms with E-state index in [1.54, 1.807) is 4.80 Å². The van der Waals surface area contributed by atoms with E-state index < -0.39 is 0 Å². The van der Waals surface area contributed by atoms with Gasteiger partial charge in [0.1, 0.15) is 0 Å². The van der Waals surface area contributed by atoms with Gasteiger partial charge in [-0.15, -0.1) is 10.2 Å². The Balaban J connectivity index is 2.02. The van der Waals surface area contributed by atoms with Crippen molar-refractivity contribution in [2.45, 2.75) is 32.7 Å². The summed E-state index contributed by atoms with van der Waals surface area (Å²) < 4.78 is 0. The molecule has 1 aliphatic rings. The van der Waals surface area contributed by atoms with E-state index in [4.69, 9.17) is 0 Å². The summed E-state index contributed by atoms with van der Waals surface area (Å²) in [5.41, 5.74) is -0.0664. The van der Waals surface area contributed by atoms with Gasteiger partial charge in [-0.2, -0.15) is 4.80 Å². The minimum atomic E-state index is -0.0664. The van der Waals surface area contributed by atoms with Crippen LogP contribution in [0.5, 0.6) is 0 Å². The molecule has 0 unspecified atom stereocenters. The first-order valence-corrected chi connectivity index (χ1v) is 5.06. The normalized spacial score (nSPS) is 18.2. The summed E-state index contributed by atoms with van der Waals surface area (Å²) in [5, 5.41) is 15.7. The Morgan fingerprint density at radius 1 is 1.43 bits per heavy atom. The second-order valence-electron chi connectivity index (χ2n) is 4.89. The molecule has 5 nitrogen and oxygen atoms in total. The molecule has 0 radical (unpaired) electrons. The molecule has 1 fully saturated rings. The third-order valence-electron chi connectivity index (χ3n) is 2.39. The summed E-state index contributed by atoms with van der Waals surface area (Å²) in [5.74, 6) is 1.57. The van der Waals surface area contributed by atoms with Crippen LogP contribution in [0.4, 0.5) is 0 Å². The number of rotatable bonds is 2. The fourth-order valence-electron chi connectivity index (χ4n) is 1.36. The van der Waals surface area contributed by atoms with Crippen LogP contribution in [0.25, 0.3) is 0 Å². The number of tetrazole rings is 1. The highest BCUT2D eigenvalue weighted by Crippen LogP contribution is 2.12. The molecule has 0 atom stereocenters. The summed E-state index contributed by atoms with van der Waals surface area (Å²) >= 11 is 0. The molecule has 0 aromatic carbocycles. The number of aromatic nitrogens is 4. The van der Waals surface area contributed by atoms with Gasteiger partial charge >= 0.3 is 0 Å². The monoisotopic (exact) mass is 195 g/mol. The topological polar surface area (TPSA) is 55.6 Å². The minimum absolute atomic E-state index is 0.0664. The molecule has 1 N–H and O–H groups in total. The Hall–Kier alpha value is -0.970. The maximum Gasteiger partial charge on any atom is 0.175 e. The van der Waals surface area contributed by atoms with E-state index in [0.29, 0.717) is 5.92 Å². The van der Waals surface area contributed by atoms with E-state index in [2.05, 4.69) is 41.5 Å². The van der Waals surface area contributed by atoms with E-state index in [0.717, 1.165) is 25.3 Å². The standard InChI is InChI=1S/C9H17N5/c1-9(2,3)14-12-8(11-13-14)4-7-5-10-6-7/h7,10H,4-6H2,1-3H3. The molecule has 0 spiro atoms. The molecule has 0 amide bonds. The van der Waals surface area contributed by atoms with Crippen LogP contribution in [0.2, 0.25) is 0 Å². The zero-order chi connectivity index (χ0) is 10.2. The molecule has 1 aliphatic heterocycles. The van der Waals surface area contributed by atoms with E-state index in [9.17, 15) is 0 Å². The molecule has 0 aliphatic carbocycles. The van der Waals surface area contributed by atoms with Crippen molar-refractivity contribution in [1.29, 1.82) is 0 Å². The van der Waals surface area contributed by atoms with Crippen molar-refractivity contribution in [3.8, 4) is 0 Å². The Bertz CT molecular complexity index is 307. The van der Waals surface area contributed by atoms with Gasteiger partial charge in [0.15, 0.2) is 5.82 Å². The maximum atomic E-state index is 4.37. The van der Waals surface area contributed by atoms with Crippen molar-refractivity contribution in [2.24, 2.45) is 5.92 Å². The Kier molecular flexibility index (Phi) is 2.26. The van der Waals surface area contributed by atoms with E-state index in [-0.39, 0.29) is 5.54 Å². The molecular weight excluding hydrogens is 178 g/mol. The van der Waals surface area contributed by atoms with Gasteiger partial charge < -0.3 is 5.32 Å². The van der Waals surface area contributed by atoms with Crippen molar-refractivity contribution >= 4 is 0 Å². The van der Waals surface area contributed by atoms with Crippen LogP contribution in [0, 0.1) is 5.92 Å². The average Bonchev–Trinajstić information content (AvgIpc) is 2.43. The van der Waals surface area contributed by atoms with Gasteiger partial charge in [0.25, 0.3) is 0 Å². The zero-order valence-corrected chi connectivity index (χ0v) is 8.99. The second-order valence-corrected chi connectivity index (χ2v) is 4.89. The number of hydrogen-bond acceptors (Lipinski definition) is 4. The highest BCUT2D eigenvalue weighted by atomic mass is 15.6. The summed E-state index contributed by atoms with van der Waals surface area (Å²) in [6.45, 7) is 8.39. The minimum Gasteiger partial charge on any atom is -0.316 e. The lowest BCUT2D eigenvalue weighted by atomic mass is 9.99. The molecule has 0 saturated carbocycles. The lowest BCUT2D eigenvalue weighted by Gasteiger charge is -2.25. The third-order valence-corrected chi connectivity index (χ3v) is 2.39. The van der Waals surface area contributed by atoms with Gasteiger partial charge in [-0.1, -0.05) is 0 Å². The average molecular weight is 195 g/mol. The van der Waals surface area contributed by atoms with E-state index in [1.807, 2.05) is 0 Å². The molecule has 5 heteroatoms. The maximum absolute atomic E-state index is 4.37. The predicted molar refractivity (Wildman–Crippen MR) is 52.9 cm³/mol. The van der Waals surface area contributed by atoms with Crippen LogP contribution in [0.1, 0.15) is 26.6 Å². The highest BCUT2D eigenvalue weighted by Gasteiger charge is 2.21. The molecule has 1 saturated heterocycles. The van der Waals surface area contributed by atoms with Gasteiger partial charge in [0.2, 0.25) is 0 Å². The van der Waals surface area contributed by atoms with Crippen LogP contribution in [0.3, 0.4) is 0 Å². The number of hydrogen-bond donors (Lipinski definition) is 1. The summed E-state index contributed by atoms with van der Waals surface area (Å²) in [6.07, 6.45) is 0.948. The summed E-state index contributed by atoms with van der Waals surface area (Å²) in [6, 6.07) is 0. The molecule has 14 heavy (non-hydrogen) atoms. The summed E-state index contributed by atoms with van der Waals surface area (Å²) in [4.78, 5) is 1.69. The van der Waals surface area contributed by atoms with Crippen molar-refractivity contribution in [1.82, 2.24) is 25.5 Å². The first-order valence-electron chi connectivity index (χ1n) is 5.06. The highest BCUT2D eigenvalue weighted by molar-refractivity contribution is 4.87. The van der Waals surface area contributed by atoms with Crippen LogP contribution < -0.4 is 5.32 Å². The Morgan fingerprint density at radius 3 is 2.57 bits per heavy atom. The molecule has 1 aromatic heterocycles. The van der Waals surface area contributed by atoms with Crippen LogP contribution in [-0.4, -0.2) is 33.3 Å². The van der Waals surface area contributed by atoms with Gasteiger partial charge in [-0.25, -0.2) is 0 Å². The van der Waals surface area contributed by atoms with Crippen molar-refractivity contribution in [3.63, 3.8) is 0 Å². The molecular formula is C9H17N5. The lowest BCUT2D eigenvalue weighted by Crippen LogP contribution is -2.43. The second kappa shape index (κ2) is 3.31. The molecule has 2 heterocycles. The van der Waals surface area contributed by atoms with Crippen molar-refractivity contribution in [3.05, 3.63) is 5.82 Å². The molecule has 1 aromatic rings. The predicted octanol–water partition coefficient (Wildman–Crippen LogP) is 0.190. The smallest absolute Gasteiger partial charge is 0.175 e. The van der Waals surface area contributed by atoms with Crippen molar-refractivity contribution in [2.75, 3.05) is 13.1 Å². The van der Waals surface area contributed by atoms with Crippen LogP contribution in [-0.2, 0) is 12.0 Å². The van der Waals surface area contributed by atoms with Gasteiger partial charge in [0.05, 0.1) is 5.54 Å². The fourth-order valence-corrected chi connectivity index (χ4v) is 1.36. The quantitative estimate of drug-likeness (QED) is 0.732. The largest absolute Gasteiger partial charge is 0.316 e. The van der Waals surface area contributed by atoms with Gasteiger partial charge in [-0.3, -0.25) is 0 Å². The van der Waals surface area contributed by atoms with E-state index >= 15 is 0 Å². The van der Waals surface area contributed by atoms with Crippen LogP contribution >= 0.6 is 0 Å². The Labute approximate surface area is 83.9 Å². The number of nitrogens with zero attached hydrogens (tertiary/aromatic N) is 4. The van der Waals surface area contributed by atoms with Gasteiger partial charge in [-0.05, 0) is 45.0 Å².